The quantitative estimate of drug-likeness (QED) is 0.164. The van der Waals surface area contributed by atoms with Crippen molar-refractivity contribution in [1.29, 1.82) is 0 Å². The Kier molecular flexibility index (Phi) is 6.66. The molecule has 1 nitrogen and oxygen atoms in total. The van der Waals surface area contributed by atoms with Gasteiger partial charge in [0.15, 0.2) is 0 Å². The highest BCUT2D eigenvalue weighted by Crippen LogP contribution is 2.48. The fourth-order valence-corrected chi connectivity index (χ4v) is 11.2. The molecule has 0 radical (unpaired) electrons. The molecule has 0 aliphatic heterocycles. The molecule has 58 heavy (non-hydrogen) atoms. The number of fused-ring (bicyclic) bond motifs is 13. The second kappa shape index (κ2) is 12.1. The first-order chi connectivity index (χ1) is 28.8. The van der Waals surface area contributed by atoms with Crippen LogP contribution in [-0.2, 0) is 0 Å². The molecule has 0 spiro atoms. The third-order valence-corrected chi connectivity index (χ3v) is 13.7. The third kappa shape index (κ3) is 4.52. The van der Waals surface area contributed by atoms with Crippen LogP contribution in [0.2, 0.25) is 0 Å². The summed E-state index contributed by atoms with van der Waals surface area (Å²) >= 11 is 1.89. The van der Waals surface area contributed by atoms with Gasteiger partial charge in [0.05, 0.1) is 0 Å². The van der Waals surface area contributed by atoms with Crippen LogP contribution in [0.5, 0.6) is 0 Å². The number of hydrogen-bond acceptors (Lipinski definition) is 2. The molecule has 0 aliphatic rings. The van der Waals surface area contributed by atoms with Crippen LogP contribution in [0.1, 0.15) is 0 Å². The van der Waals surface area contributed by atoms with E-state index in [1.165, 1.54) is 118 Å². The summed E-state index contributed by atoms with van der Waals surface area (Å²) in [6.45, 7) is 0. The Balaban J connectivity index is 0.998. The van der Waals surface area contributed by atoms with Gasteiger partial charge in [-0.05, 0) is 118 Å². The van der Waals surface area contributed by atoms with Gasteiger partial charge < -0.3 is 4.42 Å². The summed E-state index contributed by atoms with van der Waals surface area (Å²) in [6, 6.07) is 71.5. The van der Waals surface area contributed by atoms with E-state index in [9.17, 15) is 0 Å². The highest BCUT2D eigenvalue weighted by Gasteiger charge is 2.20. The zero-order chi connectivity index (χ0) is 37.9. The van der Waals surface area contributed by atoms with Crippen LogP contribution in [0.4, 0.5) is 0 Å². The predicted molar refractivity (Wildman–Crippen MR) is 250 cm³/mol. The number of para-hydroxylation sites is 1. The maximum absolute atomic E-state index is 6.30. The third-order valence-electron chi connectivity index (χ3n) is 12.4. The molecule has 2 heteroatoms. The summed E-state index contributed by atoms with van der Waals surface area (Å²) in [5, 5.41) is 17.6. The van der Waals surface area contributed by atoms with Crippen LogP contribution in [0.15, 0.2) is 199 Å². The number of thiophene rings is 1. The fourth-order valence-electron chi connectivity index (χ4n) is 9.84. The Morgan fingerprint density at radius 1 is 0.293 bits per heavy atom. The van der Waals surface area contributed by atoms with Gasteiger partial charge in [-0.25, -0.2) is 0 Å². The molecule has 13 rings (SSSR count). The zero-order valence-corrected chi connectivity index (χ0v) is 32.1. The Morgan fingerprint density at radius 2 is 0.862 bits per heavy atom. The minimum Gasteiger partial charge on any atom is -0.456 e. The van der Waals surface area contributed by atoms with Gasteiger partial charge in [0.25, 0.3) is 0 Å². The van der Waals surface area contributed by atoms with E-state index < -0.39 is 0 Å². The Bertz CT molecular complexity index is 3800. The van der Waals surface area contributed by atoms with Crippen LogP contribution in [0.25, 0.3) is 129 Å². The van der Waals surface area contributed by atoms with Gasteiger partial charge in [-0.15, -0.1) is 11.3 Å². The second-order valence-corrected chi connectivity index (χ2v) is 16.5. The maximum atomic E-state index is 6.30. The van der Waals surface area contributed by atoms with Crippen molar-refractivity contribution in [1.82, 2.24) is 0 Å². The molecule has 268 valence electrons. The minimum atomic E-state index is 0.937. The van der Waals surface area contributed by atoms with Gasteiger partial charge in [0.2, 0.25) is 0 Å². The van der Waals surface area contributed by atoms with Crippen molar-refractivity contribution in [3.8, 4) is 33.4 Å². The molecule has 0 bridgehead atoms. The summed E-state index contributed by atoms with van der Waals surface area (Å²) in [7, 11) is 0. The number of furan rings is 1. The Morgan fingerprint density at radius 3 is 1.62 bits per heavy atom. The molecule has 0 aliphatic carbocycles. The van der Waals surface area contributed by atoms with E-state index in [0.29, 0.717) is 0 Å². The zero-order valence-electron chi connectivity index (χ0n) is 31.3. The lowest BCUT2D eigenvalue weighted by atomic mass is 9.84. The van der Waals surface area contributed by atoms with E-state index in [4.69, 9.17) is 4.42 Å². The number of benzene rings is 11. The number of rotatable bonds is 3. The summed E-state index contributed by atoms with van der Waals surface area (Å²) in [6.07, 6.45) is 0. The smallest absolute Gasteiger partial charge is 0.136 e. The van der Waals surface area contributed by atoms with E-state index >= 15 is 0 Å². The van der Waals surface area contributed by atoms with Crippen molar-refractivity contribution in [2.45, 2.75) is 0 Å². The van der Waals surface area contributed by atoms with Crippen LogP contribution in [0, 0.1) is 0 Å². The van der Waals surface area contributed by atoms with Crippen LogP contribution in [0.3, 0.4) is 0 Å². The van der Waals surface area contributed by atoms with Crippen molar-refractivity contribution in [3.05, 3.63) is 194 Å². The molecular weight excluding hydrogens is 721 g/mol. The van der Waals surface area contributed by atoms with Gasteiger partial charge in [0.1, 0.15) is 11.2 Å². The van der Waals surface area contributed by atoms with Gasteiger partial charge in [-0.3, -0.25) is 0 Å². The van der Waals surface area contributed by atoms with Gasteiger partial charge >= 0.3 is 0 Å². The van der Waals surface area contributed by atoms with Crippen LogP contribution >= 0.6 is 11.3 Å². The highest BCUT2D eigenvalue weighted by molar-refractivity contribution is 7.27. The highest BCUT2D eigenvalue weighted by atomic mass is 32.1. The van der Waals surface area contributed by atoms with Crippen LogP contribution in [-0.4, -0.2) is 0 Å². The van der Waals surface area contributed by atoms with Crippen molar-refractivity contribution in [2.75, 3.05) is 0 Å². The average Bonchev–Trinajstić information content (AvgIpc) is 3.86. The van der Waals surface area contributed by atoms with Crippen molar-refractivity contribution in [2.24, 2.45) is 0 Å². The SMILES string of the molecule is c1ccc2c(-c3c4ccccc4c(-c4ccc5cc(-c6cc7c8ccc9oc%10ccccc%10c9c8sc7c7ccccc67)ccc5c4)c4ccccc34)cccc2c1. The van der Waals surface area contributed by atoms with Gasteiger partial charge in [-0.2, -0.15) is 0 Å². The monoisotopic (exact) mass is 752 g/mol. The molecule has 2 heterocycles. The molecule has 0 saturated carbocycles. The van der Waals surface area contributed by atoms with E-state index in [2.05, 4.69) is 188 Å². The van der Waals surface area contributed by atoms with E-state index in [1.54, 1.807) is 0 Å². The van der Waals surface area contributed by atoms with E-state index in [1.807, 2.05) is 17.4 Å². The van der Waals surface area contributed by atoms with Crippen molar-refractivity contribution < 1.29 is 4.42 Å². The molecule has 2 aromatic heterocycles. The van der Waals surface area contributed by atoms with Crippen LogP contribution < -0.4 is 0 Å². The molecule has 0 unspecified atom stereocenters. The lowest BCUT2D eigenvalue weighted by Crippen LogP contribution is -1.91. The molecule has 0 amide bonds. The largest absolute Gasteiger partial charge is 0.456 e. The summed E-state index contributed by atoms with van der Waals surface area (Å²) in [5.74, 6) is 0. The molecule has 13 aromatic rings. The lowest BCUT2D eigenvalue weighted by molar-refractivity contribution is 0.669. The topological polar surface area (TPSA) is 13.1 Å². The first-order valence-electron chi connectivity index (χ1n) is 19.9. The maximum Gasteiger partial charge on any atom is 0.136 e. The summed E-state index contributed by atoms with van der Waals surface area (Å²) < 4.78 is 8.91. The lowest BCUT2D eigenvalue weighted by Gasteiger charge is -2.19. The molecular formula is C56H32OS. The molecule has 11 aromatic carbocycles. The van der Waals surface area contributed by atoms with E-state index in [-0.39, 0.29) is 0 Å². The van der Waals surface area contributed by atoms with Gasteiger partial charge in [-0.1, -0.05) is 158 Å². The first-order valence-corrected chi connectivity index (χ1v) is 20.7. The standard InChI is InChI=1S/C56H32OS/c1-2-14-38-33(12-1)13-11-22-40(38)53-43-18-6-4-16-41(43)52(42-17-5-7-19-44(42)53)37-27-25-34-30-36(26-24-35(34)31-37)48-32-49-46-28-29-51-54(47-21-9-10-23-50(47)57-51)56(46)58-55(49)45-20-8-3-15-39(45)48/h1-32H. The average molecular weight is 753 g/mol. The normalized spacial score (nSPS) is 12.1. The number of hydrogen-bond donors (Lipinski definition) is 0. The molecule has 0 fully saturated rings. The van der Waals surface area contributed by atoms with Gasteiger partial charge in [0, 0.05) is 36.3 Å². The molecule has 0 N–H and O–H groups in total. The summed E-state index contributed by atoms with van der Waals surface area (Å²) in [5.41, 5.74) is 9.44. The van der Waals surface area contributed by atoms with Crippen molar-refractivity contribution >= 4 is 107 Å². The molecule has 0 saturated heterocycles. The Labute approximate surface area is 337 Å². The van der Waals surface area contributed by atoms with E-state index in [0.717, 1.165) is 11.2 Å². The Hall–Kier alpha value is -7.26. The molecule has 0 atom stereocenters. The van der Waals surface area contributed by atoms with Crippen molar-refractivity contribution in [3.63, 3.8) is 0 Å². The predicted octanol–water partition coefficient (Wildman–Crippen LogP) is 16.7. The second-order valence-electron chi connectivity index (χ2n) is 15.5. The first kappa shape index (κ1) is 31.9. The summed E-state index contributed by atoms with van der Waals surface area (Å²) in [4.78, 5) is 0. The minimum absolute atomic E-state index is 0.937. The fraction of sp³-hybridized carbons (Fsp3) is 0.